The highest BCUT2D eigenvalue weighted by Gasteiger charge is 2.24. The number of thioether (sulfide) groups is 1. The maximum Gasteiger partial charge on any atom is 0.0325 e. The first-order valence-electron chi connectivity index (χ1n) is 7.15. The first-order chi connectivity index (χ1) is 8.72. The molecular weight excluding hydrogens is 238 g/mol. The highest BCUT2D eigenvalue weighted by atomic mass is 32.2. The fourth-order valence-corrected chi connectivity index (χ4v) is 3.55. The van der Waals surface area contributed by atoms with Crippen molar-refractivity contribution in [1.82, 2.24) is 5.32 Å². The lowest BCUT2D eigenvalue weighted by molar-refractivity contribution is 0.405. The lowest BCUT2D eigenvalue weighted by Crippen LogP contribution is -2.34. The summed E-state index contributed by atoms with van der Waals surface area (Å²) >= 11 is 2.02. The molecule has 0 spiro atoms. The lowest BCUT2D eigenvalue weighted by Gasteiger charge is -2.32. The van der Waals surface area contributed by atoms with Crippen LogP contribution in [-0.2, 0) is 0 Å². The number of fused-ring (bicyclic) bond motifs is 1. The minimum atomic E-state index is 0.560. The average Bonchev–Trinajstić information content (AvgIpc) is 2.40. The van der Waals surface area contributed by atoms with E-state index in [4.69, 9.17) is 0 Å². The number of nitrogens with one attached hydrogen (secondary N) is 1. The SMILES string of the molecule is CCSCC(C)NC1CCC(C)c2ccccc21. The normalized spacial score (nSPS) is 24.6. The van der Waals surface area contributed by atoms with E-state index >= 15 is 0 Å². The van der Waals surface area contributed by atoms with E-state index in [1.54, 1.807) is 5.56 Å². The Labute approximate surface area is 116 Å². The van der Waals surface area contributed by atoms with Crippen molar-refractivity contribution in [2.75, 3.05) is 11.5 Å². The molecule has 3 unspecified atom stereocenters. The molecule has 1 aromatic carbocycles. The van der Waals surface area contributed by atoms with Gasteiger partial charge < -0.3 is 5.32 Å². The summed E-state index contributed by atoms with van der Waals surface area (Å²) in [6.45, 7) is 6.89. The molecular formula is C16H25NS. The van der Waals surface area contributed by atoms with Crippen LogP contribution in [0.3, 0.4) is 0 Å². The van der Waals surface area contributed by atoms with Crippen LogP contribution in [0, 0.1) is 0 Å². The summed E-state index contributed by atoms with van der Waals surface area (Å²) in [4.78, 5) is 0. The molecule has 2 heteroatoms. The summed E-state index contributed by atoms with van der Waals surface area (Å²) in [5, 5.41) is 3.81. The summed E-state index contributed by atoms with van der Waals surface area (Å²) in [7, 11) is 0. The molecule has 1 nitrogen and oxygen atoms in total. The summed E-state index contributed by atoms with van der Waals surface area (Å²) in [5.41, 5.74) is 3.08. The van der Waals surface area contributed by atoms with Crippen LogP contribution < -0.4 is 5.32 Å². The molecule has 1 aromatic rings. The molecule has 0 saturated carbocycles. The Hall–Kier alpha value is -0.470. The van der Waals surface area contributed by atoms with Crippen molar-refractivity contribution in [2.45, 2.75) is 51.6 Å². The van der Waals surface area contributed by atoms with Crippen molar-refractivity contribution in [3.05, 3.63) is 35.4 Å². The van der Waals surface area contributed by atoms with Crippen molar-refractivity contribution in [1.29, 1.82) is 0 Å². The van der Waals surface area contributed by atoms with Crippen LogP contribution in [-0.4, -0.2) is 17.5 Å². The zero-order chi connectivity index (χ0) is 13.0. The van der Waals surface area contributed by atoms with Crippen LogP contribution in [0.4, 0.5) is 0 Å². The summed E-state index contributed by atoms with van der Waals surface area (Å²) in [6.07, 6.45) is 2.58. The van der Waals surface area contributed by atoms with E-state index in [1.807, 2.05) is 11.8 Å². The summed E-state index contributed by atoms with van der Waals surface area (Å²) in [5.74, 6) is 3.15. The molecule has 0 fully saturated rings. The van der Waals surface area contributed by atoms with Gasteiger partial charge in [0.2, 0.25) is 0 Å². The third-order valence-corrected chi connectivity index (χ3v) is 4.99. The van der Waals surface area contributed by atoms with Gasteiger partial charge in [-0.2, -0.15) is 11.8 Å². The smallest absolute Gasteiger partial charge is 0.0325 e. The summed E-state index contributed by atoms with van der Waals surface area (Å²) < 4.78 is 0. The second-order valence-corrected chi connectivity index (χ2v) is 6.71. The van der Waals surface area contributed by atoms with Crippen LogP contribution in [0.15, 0.2) is 24.3 Å². The zero-order valence-corrected chi connectivity index (χ0v) is 12.6. The van der Waals surface area contributed by atoms with Gasteiger partial charge in [0.05, 0.1) is 0 Å². The number of hydrogen-bond donors (Lipinski definition) is 1. The monoisotopic (exact) mass is 263 g/mol. The van der Waals surface area contributed by atoms with Crippen LogP contribution in [0.2, 0.25) is 0 Å². The van der Waals surface area contributed by atoms with E-state index < -0.39 is 0 Å². The van der Waals surface area contributed by atoms with Crippen molar-refractivity contribution in [2.24, 2.45) is 0 Å². The topological polar surface area (TPSA) is 12.0 Å². The fraction of sp³-hybridized carbons (Fsp3) is 0.625. The molecule has 3 atom stereocenters. The molecule has 0 radical (unpaired) electrons. The standard InChI is InChI=1S/C16H25NS/c1-4-18-11-13(3)17-16-10-9-12(2)14-7-5-6-8-15(14)16/h5-8,12-13,16-17H,4,9-11H2,1-3H3. The average molecular weight is 263 g/mol. The number of benzene rings is 1. The van der Waals surface area contributed by atoms with Crippen molar-refractivity contribution < 1.29 is 0 Å². The molecule has 18 heavy (non-hydrogen) atoms. The van der Waals surface area contributed by atoms with Gasteiger partial charge in [-0.1, -0.05) is 38.1 Å². The molecule has 0 saturated heterocycles. The van der Waals surface area contributed by atoms with Crippen molar-refractivity contribution >= 4 is 11.8 Å². The predicted octanol–water partition coefficient (Wildman–Crippen LogP) is 4.36. The second-order valence-electron chi connectivity index (χ2n) is 5.39. The van der Waals surface area contributed by atoms with Crippen molar-refractivity contribution in [3.63, 3.8) is 0 Å². The maximum absolute atomic E-state index is 3.81. The predicted molar refractivity (Wildman–Crippen MR) is 82.4 cm³/mol. The van der Waals surface area contributed by atoms with E-state index in [9.17, 15) is 0 Å². The molecule has 0 amide bonds. The Balaban J connectivity index is 2.04. The van der Waals surface area contributed by atoms with Gasteiger partial charge >= 0.3 is 0 Å². The Bertz CT molecular complexity index is 377. The molecule has 0 aromatic heterocycles. The fourth-order valence-electron chi connectivity index (χ4n) is 2.86. The largest absolute Gasteiger partial charge is 0.307 e. The molecule has 1 N–H and O–H groups in total. The second kappa shape index (κ2) is 6.63. The Kier molecular flexibility index (Phi) is 5.13. The molecule has 1 aliphatic rings. The van der Waals surface area contributed by atoms with Gasteiger partial charge in [-0.25, -0.2) is 0 Å². The van der Waals surface area contributed by atoms with Gasteiger partial charge in [0.1, 0.15) is 0 Å². The van der Waals surface area contributed by atoms with Crippen LogP contribution >= 0.6 is 11.8 Å². The van der Waals surface area contributed by atoms with Gasteiger partial charge in [-0.3, -0.25) is 0 Å². The Morgan fingerprint density at radius 3 is 2.72 bits per heavy atom. The Morgan fingerprint density at radius 1 is 1.28 bits per heavy atom. The lowest BCUT2D eigenvalue weighted by atomic mass is 9.81. The zero-order valence-electron chi connectivity index (χ0n) is 11.8. The third-order valence-electron chi connectivity index (χ3n) is 3.85. The van der Waals surface area contributed by atoms with Crippen LogP contribution in [0.5, 0.6) is 0 Å². The van der Waals surface area contributed by atoms with Gasteiger partial charge in [-0.05, 0) is 42.6 Å². The molecule has 0 bridgehead atoms. The van der Waals surface area contributed by atoms with Crippen molar-refractivity contribution in [3.8, 4) is 0 Å². The molecule has 1 aliphatic carbocycles. The number of rotatable bonds is 5. The van der Waals surface area contributed by atoms with E-state index in [0.717, 1.165) is 5.92 Å². The summed E-state index contributed by atoms with van der Waals surface area (Å²) in [6, 6.07) is 10.1. The van der Waals surface area contributed by atoms with Gasteiger partial charge in [0.25, 0.3) is 0 Å². The molecule has 0 aliphatic heterocycles. The van der Waals surface area contributed by atoms with E-state index in [-0.39, 0.29) is 0 Å². The van der Waals surface area contributed by atoms with Crippen LogP contribution in [0.25, 0.3) is 0 Å². The van der Waals surface area contributed by atoms with E-state index in [0.29, 0.717) is 12.1 Å². The third kappa shape index (κ3) is 3.30. The minimum absolute atomic E-state index is 0.560. The molecule has 2 rings (SSSR count). The quantitative estimate of drug-likeness (QED) is 0.847. The van der Waals surface area contributed by atoms with E-state index in [1.165, 1.54) is 29.9 Å². The number of hydrogen-bond acceptors (Lipinski definition) is 2. The first-order valence-corrected chi connectivity index (χ1v) is 8.30. The highest BCUT2D eigenvalue weighted by molar-refractivity contribution is 7.99. The maximum atomic E-state index is 3.81. The van der Waals surface area contributed by atoms with Gasteiger partial charge in [0.15, 0.2) is 0 Å². The van der Waals surface area contributed by atoms with Gasteiger partial charge in [0, 0.05) is 17.8 Å². The molecule has 0 heterocycles. The minimum Gasteiger partial charge on any atom is -0.307 e. The van der Waals surface area contributed by atoms with Crippen LogP contribution in [0.1, 0.15) is 56.7 Å². The Morgan fingerprint density at radius 2 is 2.00 bits per heavy atom. The first kappa shape index (κ1) is 14.0. The molecule has 100 valence electrons. The van der Waals surface area contributed by atoms with Gasteiger partial charge in [-0.15, -0.1) is 0 Å². The highest BCUT2D eigenvalue weighted by Crippen LogP contribution is 2.37. The van der Waals surface area contributed by atoms with E-state index in [2.05, 4.69) is 50.4 Å².